The summed E-state index contributed by atoms with van der Waals surface area (Å²) in [6.45, 7) is 2.23. The molecule has 0 spiro atoms. The van der Waals surface area contributed by atoms with Gasteiger partial charge in [-0.05, 0) is 19.3 Å². The summed E-state index contributed by atoms with van der Waals surface area (Å²) in [6.07, 6.45) is 3.56. The summed E-state index contributed by atoms with van der Waals surface area (Å²) in [6, 6.07) is -0.875. The van der Waals surface area contributed by atoms with Crippen LogP contribution in [0.4, 0.5) is 0 Å². The van der Waals surface area contributed by atoms with Gasteiger partial charge in [0.05, 0.1) is 6.54 Å². The molecule has 0 aliphatic carbocycles. The van der Waals surface area contributed by atoms with Crippen LogP contribution in [0.15, 0.2) is 0 Å². The van der Waals surface area contributed by atoms with E-state index in [4.69, 9.17) is 5.11 Å². The Bertz CT molecular complexity index is 330. The van der Waals surface area contributed by atoms with Gasteiger partial charge < -0.3 is 15.3 Å². The normalized spacial score (nSPS) is 18.1. The molecular formula is C12H20N2O4. The Labute approximate surface area is 106 Å². The maximum absolute atomic E-state index is 11.7. The topological polar surface area (TPSA) is 86.7 Å². The highest BCUT2D eigenvalue weighted by Crippen LogP contribution is 2.10. The Kier molecular flexibility index (Phi) is 5.61. The van der Waals surface area contributed by atoms with Crippen molar-refractivity contribution in [2.24, 2.45) is 0 Å². The lowest BCUT2D eigenvalue weighted by molar-refractivity contribution is -0.142. The van der Waals surface area contributed by atoms with Crippen molar-refractivity contribution < 1.29 is 19.5 Å². The molecule has 0 aromatic heterocycles. The van der Waals surface area contributed by atoms with E-state index in [1.54, 1.807) is 6.92 Å². The smallest absolute Gasteiger partial charge is 0.326 e. The van der Waals surface area contributed by atoms with Crippen molar-refractivity contribution in [2.75, 3.05) is 13.1 Å². The Morgan fingerprint density at radius 1 is 1.39 bits per heavy atom. The van der Waals surface area contributed by atoms with E-state index in [9.17, 15) is 14.4 Å². The van der Waals surface area contributed by atoms with Crippen LogP contribution in [0, 0.1) is 0 Å². The Morgan fingerprint density at radius 2 is 2.11 bits per heavy atom. The van der Waals surface area contributed by atoms with E-state index in [0.29, 0.717) is 19.4 Å². The molecule has 1 saturated heterocycles. The number of likely N-dealkylation sites (tertiary alicyclic amines) is 1. The second-order valence-electron chi connectivity index (χ2n) is 4.49. The highest BCUT2D eigenvalue weighted by atomic mass is 16.4. The van der Waals surface area contributed by atoms with Crippen LogP contribution in [0.1, 0.15) is 39.0 Å². The van der Waals surface area contributed by atoms with Crippen molar-refractivity contribution in [1.29, 1.82) is 0 Å². The van der Waals surface area contributed by atoms with Crippen LogP contribution < -0.4 is 5.32 Å². The van der Waals surface area contributed by atoms with E-state index in [2.05, 4.69) is 5.32 Å². The minimum absolute atomic E-state index is 0.0222. The number of hydrogen-bond donors (Lipinski definition) is 2. The second-order valence-corrected chi connectivity index (χ2v) is 4.49. The number of nitrogens with one attached hydrogen (secondary N) is 1. The predicted molar refractivity (Wildman–Crippen MR) is 64.9 cm³/mol. The van der Waals surface area contributed by atoms with E-state index in [1.807, 2.05) is 0 Å². The molecule has 0 aromatic carbocycles. The SMILES string of the molecule is CCC(NC(=O)CN1CCCCCC1=O)C(=O)O. The van der Waals surface area contributed by atoms with Crippen LogP contribution >= 0.6 is 0 Å². The van der Waals surface area contributed by atoms with Crippen molar-refractivity contribution >= 4 is 17.8 Å². The summed E-state index contributed by atoms with van der Waals surface area (Å²) >= 11 is 0. The summed E-state index contributed by atoms with van der Waals surface area (Å²) in [5, 5.41) is 11.3. The number of hydrogen-bond acceptors (Lipinski definition) is 3. The molecule has 6 nitrogen and oxygen atoms in total. The summed E-state index contributed by atoms with van der Waals surface area (Å²) in [4.78, 5) is 35.6. The van der Waals surface area contributed by atoms with E-state index in [-0.39, 0.29) is 12.5 Å². The summed E-state index contributed by atoms with van der Waals surface area (Å²) < 4.78 is 0. The number of aliphatic carboxylic acids is 1. The van der Waals surface area contributed by atoms with Gasteiger partial charge in [-0.15, -0.1) is 0 Å². The number of rotatable bonds is 5. The molecule has 2 amide bonds. The van der Waals surface area contributed by atoms with Crippen LogP contribution in [-0.2, 0) is 14.4 Å². The van der Waals surface area contributed by atoms with E-state index < -0.39 is 17.9 Å². The van der Waals surface area contributed by atoms with Gasteiger partial charge in [-0.3, -0.25) is 9.59 Å². The van der Waals surface area contributed by atoms with E-state index in [0.717, 1.165) is 19.3 Å². The molecule has 18 heavy (non-hydrogen) atoms. The first kappa shape index (κ1) is 14.5. The van der Waals surface area contributed by atoms with Gasteiger partial charge >= 0.3 is 5.97 Å². The third-order valence-electron chi connectivity index (χ3n) is 3.05. The standard InChI is InChI=1S/C12H20N2O4/c1-2-9(12(17)18)13-10(15)8-14-7-5-3-4-6-11(14)16/h9H,2-8H2,1H3,(H,13,15)(H,17,18). The van der Waals surface area contributed by atoms with Crippen LogP contribution in [0.25, 0.3) is 0 Å². The molecule has 1 aliphatic heterocycles. The first-order valence-corrected chi connectivity index (χ1v) is 6.34. The van der Waals surface area contributed by atoms with Gasteiger partial charge in [0.1, 0.15) is 6.04 Å². The quantitative estimate of drug-likeness (QED) is 0.744. The van der Waals surface area contributed by atoms with Crippen LogP contribution in [0.5, 0.6) is 0 Å². The molecular weight excluding hydrogens is 236 g/mol. The lowest BCUT2D eigenvalue weighted by atomic mass is 10.2. The molecule has 6 heteroatoms. The van der Waals surface area contributed by atoms with Crippen LogP contribution in [0.2, 0.25) is 0 Å². The molecule has 2 N–H and O–H groups in total. The van der Waals surface area contributed by atoms with Gasteiger partial charge in [-0.1, -0.05) is 13.3 Å². The molecule has 102 valence electrons. The summed E-state index contributed by atoms with van der Waals surface area (Å²) in [7, 11) is 0. The molecule has 1 heterocycles. The number of carbonyl (C=O) groups is 3. The average Bonchev–Trinajstić information content (AvgIpc) is 2.51. The van der Waals surface area contributed by atoms with Crippen molar-refractivity contribution in [2.45, 2.75) is 45.1 Å². The molecule has 1 fully saturated rings. The molecule has 0 saturated carbocycles. The zero-order valence-corrected chi connectivity index (χ0v) is 10.6. The fourth-order valence-electron chi connectivity index (χ4n) is 1.96. The fourth-order valence-corrected chi connectivity index (χ4v) is 1.96. The summed E-state index contributed by atoms with van der Waals surface area (Å²) in [5.41, 5.74) is 0. The highest BCUT2D eigenvalue weighted by molar-refractivity contribution is 5.87. The third-order valence-corrected chi connectivity index (χ3v) is 3.05. The average molecular weight is 256 g/mol. The zero-order valence-electron chi connectivity index (χ0n) is 10.6. The van der Waals surface area contributed by atoms with Gasteiger partial charge in [-0.2, -0.15) is 0 Å². The van der Waals surface area contributed by atoms with Gasteiger partial charge in [0.15, 0.2) is 0 Å². The number of nitrogens with zero attached hydrogens (tertiary/aromatic N) is 1. The fraction of sp³-hybridized carbons (Fsp3) is 0.750. The number of carboxylic acids is 1. The lowest BCUT2D eigenvalue weighted by Crippen LogP contribution is -2.46. The van der Waals surface area contributed by atoms with E-state index >= 15 is 0 Å². The summed E-state index contributed by atoms with van der Waals surface area (Å²) in [5.74, 6) is -1.47. The molecule has 0 aromatic rings. The van der Waals surface area contributed by atoms with Crippen molar-refractivity contribution in [3.8, 4) is 0 Å². The Balaban J connectivity index is 2.47. The lowest BCUT2D eigenvalue weighted by Gasteiger charge is -2.21. The zero-order chi connectivity index (χ0) is 13.5. The van der Waals surface area contributed by atoms with Crippen molar-refractivity contribution in [3.63, 3.8) is 0 Å². The molecule has 1 unspecified atom stereocenters. The number of amides is 2. The predicted octanol–water partition coefficient (Wildman–Crippen LogP) is 0.368. The van der Waals surface area contributed by atoms with E-state index in [1.165, 1.54) is 4.90 Å². The largest absolute Gasteiger partial charge is 0.480 e. The number of carboxylic acid groups (broad SMARTS) is 1. The van der Waals surface area contributed by atoms with Gasteiger partial charge in [-0.25, -0.2) is 4.79 Å². The minimum Gasteiger partial charge on any atom is -0.480 e. The molecule has 1 atom stereocenters. The Morgan fingerprint density at radius 3 is 2.72 bits per heavy atom. The number of carbonyl (C=O) groups excluding carboxylic acids is 2. The third kappa shape index (κ3) is 4.35. The first-order chi connectivity index (χ1) is 8.54. The van der Waals surface area contributed by atoms with Gasteiger partial charge in [0.25, 0.3) is 0 Å². The molecule has 0 radical (unpaired) electrons. The highest BCUT2D eigenvalue weighted by Gasteiger charge is 2.22. The van der Waals surface area contributed by atoms with Crippen molar-refractivity contribution in [3.05, 3.63) is 0 Å². The van der Waals surface area contributed by atoms with Gasteiger partial charge in [0, 0.05) is 13.0 Å². The maximum atomic E-state index is 11.7. The second kappa shape index (κ2) is 6.98. The van der Waals surface area contributed by atoms with Crippen LogP contribution in [0.3, 0.4) is 0 Å². The Hall–Kier alpha value is -1.59. The van der Waals surface area contributed by atoms with Crippen LogP contribution in [-0.4, -0.2) is 46.9 Å². The minimum atomic E-state index is -1.05. The van der Waals surface area contributed by atoms with Crippen molar-refractivity contribution in [1.82, 2.24) is 10.2 Å². The maximum Gasteiger partial charge on any atom is 0.326 e. The monoisotopic (exact) mass is 256 g/mol. The molecule has 0 bridgehead atoms. The van der Waals surface area contributed by atoms with Gasteiger partial charge in [0.2, 0.25) is 11.8 Å². The molecule has 1 aliphatic rings. The molecule has 1 rings (SSSR count). The first-order valence-electron chi connectivity index (χ1n) is 6.34.